The highest BCUT2D eigenvalue weighted by Gasteiger charge is 2.41. The van der Waals surface area contributed by atoms with E-state index in [1.807, 2.05) is 31.5 Å². The summed E-state index contributed by atoms with van der Waals surface area (Å²) in [4.78, 5) is 7.23. The van der Waals surface area contributed by atoms with E-state index in [9.17, 15) is 4.39 Å². The molecule has 2 aliphatic heterocycles. The molecule has 2 saturated heterocycles. The molecule has 5 heteroatoms. The van der Waals surface area contributed by atoms with Crippen LogP contribution in [0, 0.1) is 12.7 Å². The van der Waals surface area contributed by atoms with Crippen LogP contribution < -0.4 is 0 Å². The summed E-state index contributed by atoms with van der Waals surface area (Å²) < 4.78 is 21.0. The van der Waals surface area contributed by atoms with E-state index >= 15 is 0 Å². The van der Waals surface area contributed by atoms with Gasteiger partial charge >= 0.3 is 0 Å². The van der Waals surface area contributed by atoms with Crippen LogP contribution in [0.4, 0.5) is 4.39 Å². The number of hydrogen-bond donors (Lipinski definition) is 0. The van der Waals surface area contributed by atoms with Crippen molar-refractivity contribution in [3.63, 3.8) is 0 Å². The Morgan fingerprint density at radius 2 is 2.00 bits per heavy atom. The number of halogens is 1. The van der Waals surface area contributed by atoms with Gasteiger partial charge in [0.1, 0.15) is 11.6 Å². The lowest BCUT2D eigenvalue weighted by molar-refractivity contribution is 0.112. The van der Waals surface area contributed by atoms with E-state index < -0.39 is 0 Å². The molecule has 2 aromatic rings. The molecule has 0 amide bonds. The number of hydrogen-bond acceptors (Lipinski definition) is 3. The molecule has 3 atom stereocenters. The van der Waals surface area contributed by atoms with Crippen LogP contribution in [0.5, 0.6) is 0 Å². The first-order chi connectivity index (χ1) is 12.7. The van der Waals surface area contributed by atoms with Gasteiger partial charge < -0.3 is 9.30 Å². The number of ether oxygens (including phenoxy) is 1. The minimum absolute atomic E-state index is 0.1000. The Kier molecular flexibility index (Phi) is 5.09. The topological polar surface area (TPSA) is 30.3 Å². The average molecular weight is 357 g/mol. The largest absolute Gasteiger partial charge is 0.383 e. The van der Waals surface area contributed by atoms with Crippen molar-refractivity contribution >= 4 is 0 Å². The molecular weight excluding hydrogens is 329 g/mol. The lowest BCUT2D eigenvalue weighted by atomic mass is 9.84. The zero-order valence-electron chi connectivity index (χ0n) is 15.7. The van der Waals surface area contributed by atoms with E-state index in [4.69, 9.17) is 4.74 Å². The Balaban J connectivity index is 1.45. The van der Waals surface area contributed by atoms with Crippen molar-refractivity contribution in [3.8, 4) is 0 Å². The SMILES string of the molecule is COCCn1ccnc1CN1[C@@H]2CC[C@H]1CC(c1ccc(F)c(C)c1)C2. The molecule has 0 spiro atoms. The summed E-state index contributed by atoms with van der Waals surface area (Å²) >= 11 is 0. The Bertz CT molecular complexity index is 745. The lowest BCUT2D eigenvalue weighted by Crippen LogP contribution is -2.42. The molecule has 0 saturated carbocycles. The van der Waals surface area contributed by atoms with Gasteiger partial charge in [-0.3, -0.25) is 4.90 Å². The summed E-state index contributed by atoms with van der Waals surface area (Å²) in [5.74, 6) is 1.59. The summed E-state index contributed by atoms with van der Waals surface area (Å²) in [5.41, 5.74) is 2.07. The smallest absolute Gasteiger partial charge is 0.126 e. The summed E-state index contributed by atoms with van der Waals surface area (Å²) in [6, 6.07) is 6.88. The number of imidazole rings is 1. The highest BCUT2D eigenvalue weighted by Crippen LogP contribution is 2.43. The number of nitrogens with zero attached hydrogens (tertiary/aromatic N) is 3. The third-order valence-electron chi connectivity index (χ3n) is 6.20. The highest BCUT2D eigenvalue weighted by molar-refractivity contribution is 5.28. The average Bonchev–Trinajstić information content (AvgIpc) is 3.16. The van der Waals surface area contributed by atoms with Gasteiger partial charge in [-0.2, -0.15) is 0 Å². The number of methoxy groups -OCH3 is 1. The first-order valence-corrected chi connectivity index (χ1v) is 9.66. The van der Waals surface area contributed by atoms with Crippen molar-refractivity contribution < 1.29 is 9.13 Å². The van der Waals surface area contributed by atoms with E-state index in [1.54, 1.807) is 13.2 Å². The molecular formula is C21H28FN3O. The van der Waals surface area contributed by atoms with Crippen LogP contribution in [0.1, 0.15) is 48.6 Å². The molecule has 2 bridgehead atoms. The molecule has 1 unspecified atom stereocenters. The molecule has 1 aromatic heterocycles. The van der Waals surface area contributed by atoms with Gasteiger partial charge in [0.15, 0.2) is 0 Å². The van der Waals surface area contributed by atoms with Gasteiger partial charge in [0.25, 0.3) is 0 Å². The first-order valence-electron chi connectivity index (χ1n) is 9.66. The predicted molar refractivity (Wildman–Crippen MR) is 99.6 cm³/mol. The Morgan fingerprint density at radius 3 is 2.69 bits per heavy atom. The van der Waals surface area contributed by atoms with Gasteiger partial charge in [0, 0.05) is 38.1 Å². The molecule has 1 aromatic carbocycles. The van der Waals surface area contributed by atoms with Crippen LogP contribution in [-0.4, -0.2) is 40.3 Å². The molecule has 26 heavy (non-hydrogen) atoms. The zero-order chi connectivity index (χ0) is 18.1. The molecule has 0 aliphatic carbocycles. The number of aryl methyl sites for hydroxylation is 1. The van der Waals surface area contributed by atoms with Gasteiger partial charge in [0.05, 0.1) is 13.2 Å². The number of aromatic nitrogens is 2. The van der Waals surface area contributed by atoms with Gasteiger partial charge in [-0.1, -0.05) is 12.1 Å². The molecule has 0 radical (unpaired) electrons. The minimum atomic E-state index is -0.1000. The quantitative estimate of drug-likeness (QED) is 0.786. The maximum Gasteiger partial charge on any atom is 0.126 e. The lowest BCUT2D eigenvalue weighted by Gasteiger charge is -2.39. The molecule has 2 aliphatic rings. The molecule has 0 N–H and O–H groups in total. The van der Waals surface area contributed by atoms with Crippen LogP contribution >= 0.6 is 0 Å². The standard InChI is InChI=1S/C21H28FN3O/c1-15-11-16(3-6-20(15)22)17-12-18-4-5-19(13-17)25(18)14-21-23-7-8-24(21)9-10-26-2/h3,6-8,11,17-19H,4-5,9-10,12-14H2,1-2H3/t17?,18-,19+. The second-order valence-corrected chi connectivity index (χ2v) is 7.76. The molecule has 4 nitrogen and oxygen atoms in total. The fourth-order valence-corrected chi connectivity index (χ4v) is 4.77. The Labute approximate surface area is 155 Å². The first kappa shape index (κ1) is 17.7. The van der Waals surface area contributed by atoms with Crippen LogP contribution in [0.2, 0.25) is 0 Å². The highest BCUT2D eigenvalue weighted by atomic mass is 19.1. The van der Waals surface area contributed by atoms with E-state index in [0.29, 0.717) is 24.6 Å². The number of benzene rings is 1. The zero-order valence-corrected chi connectivity index (χ0v) is 15.7. The Hall–Kier alpha value is -1.72. The fraction of sp³-hybridized carbons (Fsp3) is 0.571. The molecule has 3 heterocycles. The fourth-order valence-electron chi connectivity index (χ4n) is 4.77. The van der Waals surface area contributed by atoms with Crippen molar-refractivity contribution in [2.75, 3.05) is 13.7 Å². The number of piperidine rings is 1. The van der Waals surface area contributed by atoms with Gasteiger partial charge in [0.2, 0.25) is 0 Å². The summed E-state index contributed by atoms with van der Waals surface area (Å²) in [6.07, 6.45) is 8.80. The van der Waals surface area contributed by atoms with Crippen LogP contribution in [0.25, 0.3) is 0 Å². The summed E-state index contributed by atoms with van der Waals surface area (Å²) in [7, 11) is 1.73. The monoisotopic (exact) mass is 357 g/mol. The van der Waals surface area contributed by atoms with Crippen molar-refractivity contribution in [3.05, 3.63) is 53.4 Å². The number of fused-ring (bicyclic) bond motifs is 2. The van der Waals surface area contributed by atoms with E-state index in [-0.39, 0.29) is 5.82 Å². The van der Waals surface area contributed by atoms with Crippen molar-refractivity contribution in [1.82, 2.24) is 14.5 Å². The van der Waals surface area contributed by atoms with E-state index in [1.165, 1.54) is 31.2 Å². The van der Waals surface area contributed by atoms with Crippen molar-refractivity contribution in [1.29, 1.82) is 0 Å². The van der Waals surface area contributed by atoms with Crippen LogP contribution in [0.3, 0.4) is 0 Å². The molecule has 2 fully saturated rings. The third kappa shape index (κ3) is 3.42. The normalized spacial score (nSPS) is 25.7. The van der Waals surface area contributed by atoms with Gasteiger partial charge in [-0.05, 0) is 55.7 Å². The summed E-state index contributed by atoms with van der Waals surface area (Å²) in [5, 5.41) is 0. The van der Waals surface area contributed by atoms with Crippen LogP contribution in [-0.2, 0) is 17.8 Å². The van der Waals surface area contributed by atoms with Crippen molar-refractivity contribution in [2.24, 2.45) is 0 Å². The molecule has 4 rings (SSSR count). The predicted octanol–water partition coefficient (Wildman–Crippen LogP) is 3.89. The number of rotatable bonds is 6. The maximum atomic E-state index is 13.6. The van der Waals surface area contributed by atoms with Gasteiger partial charge in [-0.15, -0.1) is 0 Å². The van der Waals surface area contributed by atoms with E-state index in [2.05, 4.69) is 14.5 Å². The van der Waals surface area contributed by atoms with Crippen LogP contribution in [0.15, 0.2) is 30.6 Å². The third-order valence-corrected chi connectivity index (χ3v) is 6.20. The summed E-state index contributed by atoms with van der Waals surface area (Å²) in [6.45, 7) is 4.35. The Morgan fingerprint density at radius 1 is 1.23 bits per heavy atom. The van der Waals surface area contributed by atoms with Gasteiger partial charge in [-0.25, -0.2) is 9.37 Å². The van der Waals surface area contributed by atoms with E-state index in [0.717, 1.165) is 24.5 Å². The maximum absolute atomic E-state index is 13.6. The van der Waals surface area contributed by atoms with Crippen molar-refractivity contribution in [2.45, 2.75) is 63.7 Å². The second kappa shape index (κ2) is 7.49. The molecule has 140 valence electrons. The second-order valence-electron chi connectivity index (χ2n) is 7.76. The minimum Gasteiger partial charge on any atom is -0.383 e.